The van der Waals surface area contributed by atoms with Gasteiger partial charge >= 0.3 is 0 Å². The van der Waals surface area contributed by atoms with Crippen LogP contribution in [0.15, 0.2) is 54.6 Å². The van der Waals surface area contributed by atoms with Gasteiger partial charge in [-0.05, 0) is 30.0 Å². The molecule has 1 N–H and O–H groups in total. The van der Waals surface area contributed by atoms with Crippen LogP contribution in [0.25, 0.3) is 0 Å². The average molecular weight is 360 g/mol. The molecule has 5 heteroatoms. The molecule has 0 spiro atoms. The number of para-hydroxylation sites is 1. The Morgan fingerprint density at radius 2 is 1.76 bits per heavy atom. The van der Waals surface area contributed by atoms with E-state index < -0.39 is 6.04 Å². The fourth-order valence-electron chi connectivity index (χ4n) is 2.61. The minimum absolute atomic E-state index is 0.121. The Hall–Kier alpha value is -2.33. The normalized spacial score (nSPS) is 11.6. The van der Waals surface area contributed by atoms with Gasteiger partial charge in [0.05, 0.1) is 19.0 Å². The minimum atomic E-state index is -0.606. The highest BCUT2D eigenvalue weighted by molar-refractivity contribution is 6.28. The number of alkyl halides is 1. The molecule has 0 heterocycles. The van der Waals surface area contributed by atoms with Crippen molar-refractivity contribution in [2.75, 3.05) is 13.0 Å². The zero-order valence-electron chi connectivity index (χ0n) is 14.2. The van der Waals surface area contributed by atoms with Gasteiger partial charge in [-0.25, -0.2) is 0 Å². The molecule has 0 saturated carbocycles. The van der Waals surface area contributed by atoms with E-state index in [2.05, 4.69) is 5.32 Å². The van der Waals surface area contributed by atoms with Gasteiger partial charge in [0.15, 0.2) is 5.78 Å². The summed E-state index contributed by atoms with van der Waals surface area (Å²) in [5, 5.41) is 2.81. The molecule has 0 radical (unpaired) electrons. The number of carbonyl (C=O) groups is 2. The Bertz CT molecular complexity index is 703. The lowest BCUT2D eigenvalue weighted by Crippen LogP contribution is -2.43. The van der Waals surface area contributed by atoms with Crippen molar-refractivity contribution in [2.24, 2.45) is 0 Å². The third-order valence-electron chi connectivity index (χ3n) is 3.95. The number of nitrogens with one attached hydrogen (secondary N) is 1. The summed E-state index contributed by atoms with van der Waals surface area (Å²) in [6, 6.07) is 16.5. The van der Waals surface area contributed by atoms with E-state index in [1.807, 2.05) is 54.6 Å². The summed E-state index contributed by atoms with van der Waals surface area (Å²) in [5.74, 6) is 0.277. The van der Waals surface area contributed by atoms with Crippen LogP contribution in [0.5, 0.6) is 5.75 Å². The van der Waals surface area contributed by atoms with E-state index in [0.717, 1.165) is 16.9 Å². The molecule has 132 valence electrons. The molecule has 2 aromatic carbocycles. The number of aryl methyl sites for hydroxylation is 1. The SMILES string of the molecule is COc1ccccc1CCC(=O)N[C@@H](Cc1ccccc1)C(=O)CCl. The van der Waals surface area contributed by atoms with E-state index in [4.69, 9.17) is 16.3 Å². The molecule has 25 heavy (non-hydrogen) atoms. The van der Waals surface area contributed by atoms with Crippen molar-refractivity contribution < 1.29 is 14.3 Å². The second kappa shape index (κ2) is 9.84. The summed E-state index contributed by atoms with van der Waals surface area (Å²) in [5.41, 5.74) is 1.94. The van der Waals surface area contributed by atoms with Crippen molar-refractivity contribution in [3.8, 4) is 5.75 Å². The molecule has 4 nitrogen and oxygen atoms in total. The van der Waals surface area contributed by atoms with Gasteiger partial charge in [0.25, 0.3) is 0 Å². The maximum atomic E-state index is 12.3. The van der Waals surface area contributed by atoms with Crippen LogP contribution in [0.3, 0.4) is 0 Å². The van der Waals surface area contributed by atoms with Gasteiger partial charge in [-0.3, -0.25) is 9.59 Å². The van der Waals surface area contributed by atoms with Crippen LogP contribution in [0.2, 0.25) is 0 Å². The fourth-order valence-corrected chi connectivity index (χ4v) is 2.80. The predicted octanol–water partition coefficient (Wildman–Crippen LogP) is 3.16. The van der Waals surface area contributed by atoms with Crippen LogP contribution in [-0.2, 0) is 22.4 Å². The molecule has 1 atom stereocenters. The maximum absolute atomic E-state index is 12.3. The van der Waals surface area contributed by atoms with Gasteiger partial charge in [-0.2, -0.15) is 0 Å². The summed E-state index contributed by atoms with van der Waals surface area (Å²) in [7, 11) is 1.61. The molecule has 0 aliphatic rings. The lowest BCUT2D eigenvalue weighted by Gasteiger charge is -2.17. The Morgan fingerprint density at radius 3 is 2.44 bits per heavy atom. The highest BCUT2D eigenvalue weighted by Gasteiger charge is 2.20. The molecular weight excluding hydrogens is 338 g/mol. The first-order valence-electron chi connectivity index (χ1n) is 8.18. The molecule has 0 aromatic heterocycles. The molecule has 2 aromatic rings. The van der Waals surface area contributed by atoms with Crippen molar-refractivity contribution in [1.82, 2.24) is 5.32 Å². The molecule has 1 amide bonds. The first-order valence-corrected chi connectivity index (χ1v) is 8.71. The number of ether oxygens (including phenoxy) is 1. The molecule has 0 aliphatic heterocycles. The second-order valence-electron chi connectivity index (χ2n) is 5.72. The van der Waals surface area contributed by atoms with E-state index >= 15 is 0 Å². The summed E-state index contributed by atoms with van der Waals surface area (Å²) in [6.07, 6.45) is 1.26. The van der Waals surface area contributed by atoms with Crippen LogP contribution in [0.4, 0.5) is 0 Å². The van der Waals surface area contributed by atoms with Crippen LogP contribution in [0.1, 0.15) is 17.5 Å². The number of hydrogen-bond acceptors (Lipinski definition) is 3. The zero-order chi connectivity index (χ0) is 18.1. The number of hydrogen-bond donors (Lipinski definition) is 1. The fraction of sp³-hybridized carbons (Fsp3) is 0.300. The van der Waals surface area contributed by atoms with Gasteiger partial charge in [-0.1, -0.05) is 48.5 Å². The summed E-state index contributed by atoms with van der Waals surface area (Å²) >= 11 is 5.69. The summed E-state index contributed by atoms with van der Waals surface area (Å²) in [4.78, 5) is 24.3. The van der Waals surface area contributed by atoms with Gasteiger partial charge in [0, 0.05) is 6.42 Å². The number of amides is 1. The topological polar surface area (TPSA) is 55.4 Å². The Kier molecular flexibility index (Phi) is 7.48. The first kappa shape index (κ1) is 19.0. The van der Waals surface area contributed by atoms with Crippen LogP contribution in [-0.4, -0.2) is 30.7 Å². The molecule has 0 fully saturated rings. The monoisotopic (exact) mass is 359 g/mol. The van der Waals surface area contributed by atoms with Gasteiger partial charge in [0.2, 0.25) is 5.91 Å². The molecule has 0 saturated heterocycles. The van der Waals surface area contributed by atoms with E-state index in [0.29, 0.717) is 12.8 Å². The van der Waals surface area contributed by atoms with Crippen LogP contribution >= 0.6 is 11.6 Å². The largest absolute Gasteiger partial charge is 0.496 e. The highest BCUT2D eigenvalue weighted by Crippen LogP contribution is 2.18. The number of methoxy groups -OCH3 is 1. The van der Waals surface area contributed by atoms with Crippen LogP contribution < -0.4 is 10.1 Å². The standard InChI is InChI=1S/C20H22ClNO3/c1-25-19-10-6-5-9-16(19)11-12-20(24)22-17(18(23)14-21)13-15-7-3-2-4-8-15/h2-10,17H,11-14H2,1H3,(H,22,24)/t17-/m0/s1. The smallest absolute Gasteiger partial charge is 0.220 e. The van der Waals surface area contributed by atoms with Gasteiger partial charge < -0.3 is 10.1 Å². The van der Waals surface area contributed by atoms with E-state index in [1.165, 1.54) is 0 Å². The Morgan fingerprint density at radius 1 is 1.08 bits per heavy atom. The maximum Gasteiger partial charge on any atom is 0.220 e. The van der Waals surface area contributed by atoms with Gasteiger partial charge in [0.1, 0.15) is 5.75 Å². The first-order chi connectivity index (χ1) is 12.1. The minimum Gasteiger partial charge on any atom is -0.496 e. The number of rotatable bonds is 9. The molecule has 0 unspecified atom stereocenters. The van der Waals surface area contributed by atoms with Crippen LogP contribution in [0, 0.1) is 0 Å². The van der Waals surface area contributed by atoms with Crippen molar-refractivity contribution in [2.45, 2.75) is 25.3 Å². The second-order valence-corrected chi connectivity index (χ2v) is 5.99. The van der Waals surface area contributed by atoms with Crippen molar-refractivity contribution >= 4 is 23.3 Å². The van der Waals surface area contributed by atoms with Crippen molar-refractivity contribution in [3.63, 3.8) is 0 Å². The third-order valence-corrected chi connectivity index (χ3v) is 4.22. The summed E-state index contributed by atoms with van der Waals surface area (Å²) < 4.78 is 5.29. The number of carbonyl (C=O) groups excluding carboxylic acids is 2. The summed E-state index contributed by atoms with van der Waals surface area (Å²) in [6.45, 7) is 0. The molecular formula is C20H22ClNO3. The van der Waals surface area contributed by atoms with Crippen molar-refractivity contribution in [1.29, 1.82) is 0 Å². The number of Topliss-reactive ketones (excluding diaryl/α,β-unsaturated/α-hetero) is 1. The predicted molar refractivity (Wildman–Crippen MR) is 99.1 cm³/mol. The van der Waals surface area contributed by atoms with Crippen molar-refractivity contribution in [3.05, 3.63) is 65.7 Å². The molecule has 0 aliphatic carbocycles. The number of benzene rings is 2. The van der Waals surface area contributed by atoms with E-state index in [9.17, 15) is 9.59 Å². The lowest BCUT2D eigenvalue weighted by atomic mass is 10.0. The number of halogens is 1. The third kappa shape index (κ3) is 5.91. The lowest BCUT2D eigenvalue weighted by molar-refractivity contribution is -0.126. The molecule has 2 rings (SSSR count). The highest BCUT2D eigenvalue weighted by atomic mass is 35.5. The Labute approximate surface area is 153 Å². The molecule has 0 bridgehead atoms. The zero-order valence-corrected chi connectivity index (χ0v) is 15.0. The Balaban J connectivity index is 1.96. The van der Waals surface area contributed by atoms with Gasteiger partial charge in [-0.15, -0.1) is 11.6 Å². The quantitative estimate of drug-likeness (QED) is 0.700. The van der Waals surface area contributed by atoms with E-state index in [-0.39, 0.29) is 24.0 Å². The average Bonchev–Trinajstić information content (AvgIpc) is 2.66. The van der Waals surface area contributed by atoms with E-state index in [1.54, 1.807) is 7.11 Å². The number of ketones is 1.